The summed E-state index contributed by atoms with van der Waals surface area (Å²) in [5, 5.41) is 0. The van der Waals surface area contributed by atoms with Crippen LogP contribution in [0.2, 0.25) is 0 Å². The first kappa shape index (κ1) is 21.5. The van der Waals surface area contributed by atoms with E-state index in [0.29, 0.717) is 0 Å². The molecule has 0 fully saturated rings. The lowest BCUT2D eigenvalue weighted by Crippen LogP contribution is -2.34. The fourth-order valence-corrected chi connectivity index (χ4v) is 4.01. The molecule has 5 nitrogen and oxygen atoms in total. The molecule has 0 aliphatic rings. The first-order valence-corrected chi connectivity index (χ1v) is 10.9. The normalized spacial score (nSPS) is 10.7. The molecule has 5 heteroatoms. The van der Waals surface area contributed by atoms with Crippen LogP contribution in [0.4, 0.5) is 17.1 Å². The molecule has 0 saturated heterocycles. The predicted molar refractivity (Wildman–Crippen MR) is 131 cm³/mol. The molecule has 32 heavy (non-hydrogen) atoms. The van der Waals surface area contributed by atoms with Crippen molar-refractivity contribution in [3.05, 3.63) is 108 Å². The molecule has 1 aromatic carbocycles. The van der Waals surface area contributed by atoms with Gasteiger partial charge in [-0.25, -0.2) is 0 Å². The molecule has 0 bridgehead atoms. The third-order valence-corrected chi connectivity index (χ3v) is 5.67. The van der Waals surface area contributed by atoms with Crippen LogP contribution in [0.25, 0.3) is 0 Å². The van der Waals surface area contributed by atoms with Crippen molar-refractivity contribution in [2.75, 3.05) is 22.9 Å². The van der Waals surface area contributed by atoms with E-state index < -0.39 is 0 Å². The van der Waals surface area contributed by atoms with Crippen LogP contribution in [-0.4, -0.2) is 28.0 Å². The molecule has 0 N–H and O–H groups in total. The van der Waals surface area contributed by atoms with E-state index in [0.717, 1.165) is 53.8 Å². The zero-order valence-electron chi connectivity index (χ0n) is 18.9. The highest BCUT2D eigenvalue weighted by Crippen LogP contribution is 2.29. The summed E-state index contributed by atoms with van der Waals surface area (Å²) >= 11 is 0. The summed E-state index contributed by atoms with van der Waals surface area (Å²) in [6.45, 7) is 8.62. The van der Waals surface area contributed by atoms with Gasteiger partial charge >= 0.3 is 0 Å². The number of nitrogens with zero attached hydrogens (tertiary/aromatic N) is 5. The maximum Gasteiger partial charge on any atom is 0.0628 e. The van der Waals surface area contributed by atoms with Crippen molar-refractivity contribution in [3.63, 3.8) is 0 Å². The minimum absolute atomic E-state index is 0.792. The van der Waals surface area contributed by atoms with Crippen LogP contribution in [0.15, 0.2) is 85.3 Å². The summed E-state index contributed by atoms with van der Waals surface area (Å²) in [5.41, 5.74) is 7.67. The van der Waals surface area contributed by atoms with Gasteiger partial charge in [-0.1, -0.05) is 30.3 Å². The third-order valence-electron chi connectivity index (χ3n) is 5.67. The molecule has 0 spiro atoms. The molecule has 4 aromatic rings. The fraction of sp³-hybridized carbons (Fsp3) is 0.222. The van der Waals surface area contributed by atoms with Gasteiger partial charge in [-0.05, 0) is 62.7 Å². The number of benzene rings is 1. The van der Waals surface area contributed by atoms with E-state index in [1.54, 1.807) is 0 Å². The molecular formula is C27H29N5. The van der Waals surface area contributed by atoms with Gasteiger partial charge in [0.05, 0.1) is 34.1 Å². The van der Waals surface area contributed by atoms with Crippen LogP contribution in [0.5, 0.6) is 0 Å². The minimum Gasteiger partial charge on any atom is -0.364 e. The summed E-state index contributed by atoms with van der Waals surface area (Å²) in [4.78, 5) is 18.3. The van der Waals surface area contributed by atoms with Crippen LogP contribution < -0.4 is 9.80 Å². The Morgan fingerprint density at radius 2 is 1.06 bits per heavy atom. The predicted octanol–water partition coefficient (Wildman–Crippen LogP) is 5.64. The number of aromatic nitrogens is 3. The zero-order chi connectivity index (χ0) is 22.3. The molecule has 0 aliphatic carbocycles. The smallest absolute Gasteiger partial charge is 0.0628 e. The van der Waals surface area contributed by atoms with Gasteiger partial charge in [0.2, 0.25) is 0 Å². The molecule has 3 heterocycles. The largest absolute Gasteiger partial charge is 0.364 e. The summed E-state index contributed by atoms with van der Waals surface area (Å²) in [6, 6.07) is 23.0. The highest BCUT2D eigenvalue weighted by molar-refractivity contribution is 5.67. The van der Waals surface area contributed by atoms with Gasteiger partial charge in [-0.15, -0.1) is 0 Å². The van der Waals surface area contributed by atoms with Gasteiger partial charge in [0, 0.05) is 38.2 Å². The van der Waals surface area contributed by atoms with E-state index in [1.807, 2.05) is 36.8 Å². The minimum atomic E-state index is 0.792. The summed E-state index contributed by atoms with van der Waals surface area (Å²) < 4.78 is 0. The number of anilines is 3. The average molecular weight is 424 g/mol. The zero-order valence-corrected chi connectivity index (χ0v) is 18.9. The van der Waals surface area contributed by atoms with E-state index in [-0.39, 0.29) is 0 Å². The number of pyridine rings is 3. The Kier molecular flexibility index (Phi) is 6.75. The maximum absolute atomic E-state index is 4.54. The van der Waals surface area contributed by atoms with Crippen LogP contribution in [0.1, 0.15) is 22.6 Å². The van der Waals surface area contributed by atoms with Crippen molar-refractivity contribution < 1.29 is 0 Å². The topological polar surface area (TPSA) is 45.2 Å². The van der Waals surface area contributed by atoms with E-state index in [4.69, 9.17) is 0 Å². The Balaban J connectivity index is 1.67. The molecule has 0 unspecified atom stereocenters. The molecule has 0 atom stereocenters. The molecule has 162 valence electrons. The van der Waals surface area contributed by atoms with Crippen molar-refractivity contribution in [3.8, 4) is 0 Å². The molecular weight excluding hydrogens is 394 g/mol. The SMILES string of the molecule is Cc1ncccc1N(CCN(c1cccnc1C)c1cccnc1C)Cc1ccccc1. The van der Waals surface area contributed by atoms with E-state index in [9.17, 15) is 0 Å². The van der Waals surface area contributed by atoms with Crippen molar-refractivity contribution in [1.29, 1.82) is 0 Å². The molecule has 0 radical (unpaired) electrons. The Morgan fingerprint density at radius 1 is 0.562 bits per heavy atom. The van der Waals surface area contributed by atoms with Gasteiger partial charge in [-0.2, -0.15) is 0 Å². The second kappa shape index (κ2) is 10.1. The molecule has 0 aliphatic heterocycles. The second-order valence-corrected chi connectivity index (χ2v) is 7.88. The summed E-state index contributed by atoms with van der Waals surface area (Å²) in [5.74, 6) is 0. The first-order chi connectivity index (χ1) is 15.6. The van der Waals surface area contributed by atoms with Crippen LogP contribution >= 0.6 is 0 Å². The Hall–Kier alpha value is -3.73. The van der Waals surface area contributed by atoms with E-state index in [1.165, 1.54) is 5.56 Å². The lowest BCUT2D eigenvalue weighted by molar-refractivity contribution is 0.767. The molecule has 4 rings (SSSR count). The van der Waals surface area contributed by atoms with Gasteiger partial charge in [0.1, 0.15) is 0 Å². The highest BCUT2D eigenvalue weighted by atomic mass is 15.2. The number of aryl methyl sites for hydroxylation is 3. The third kappa shape index (κ3) is 4.94. The lowest BCUT2D eigenvalue weighted by Gasteiger charge is -2.32. The van der Waals surface area contributed by atoms with Crippen molar-refractivity contribution in [1.82, 2.24) is 15.0 Å². The Morgan fingerprint density at radius 3 is 1.56 bits per heavy atom. The van der Waals surface area contributed by atoms with Gasteiger partial charge in [0.15, 0.2) is 0 Å². The van der Waals surface area contributed by atoms with Crippen LogP contribution in [-0.2, 0) is 6.54 Å². The quantitative estimate of drug-likeness (QED) is 0.367. The van der Waals surface area contributed by atoms with E-state index in [2.05, 4.69) is 94.1 Å². The van der Waals surface area contributed by atoms with E-state index >= 15 is 0 Å². The van der Waals surface area contributed by atoms with Crippen LogP contribution in [0, 0.1) is 20.8 Å². The molecule has 0 amide bonds. The number of hydrogen-bond acceptors (Lipinski definition) is 5. The Bertz CT molecular complexity index is 1110. The number of hydrogen-bond donors (Lipinski definition) is 0. The molecule has 3 aromatic heterocycles. The van der Waals surface area contributed by atoms with Crippen molar-refractivity contribution in [2.24, 2.45) is 0 Å². The summed E-state index contributed by atoms with van der Waals surface area (Å²) in [6.07, 6.45) is 5.53. The van der Waals surface area contributed by atoms with Gasteiger partial charge in [-0.3, -0.25) is 15.0 Å². The highest BCUT2D eigenvalue weighted by Gasteiger charge is 2.18. The Labute approximate surface area is 190 Å². The van der Waals surface area contributed by atoms with Crippen LogP contribution in [0.3, 0.4) is 0 Å². The van der Waals surface area contributed by atoms with Gasteiger partial charge < -0.3 is 9.80 Å². The van der Waals surface area contributed by atoms with Crippen molar-refractivity contribution >= 4 is 17.1 Å². The lowest BCUT2D eigenvalue weighted by atomic mass is 10.1. The molecule has 0 saturated carbocycles. The van der Waals surface area contributed by atoms with Crippen molar-refractivity contribution in [2.45, 2.75) is 27.3 Å². The average Bonchev–Trinajstić information content (AvgIpc) is 2.81. The fourth-order valence-electron chi connectivity index (χ4n) is 4.01. The van der Waals surface area contributed by atoms with Gasteiger partial charge in [0.25, 0.3) is 0 Å². The second-order valence-electron chi connectivity index (χ2n) is 7.88. The summed E-state index contributed by atoms with van der Waals surface area (Å²) in [7, 11) is 0. The monoisotopic (exact) mass is 423 g/mol. The number of rotatable bonds is 8. The standard InChI is InChI=1S/C27H29N5/c1-21-25(12-7-15-28-21)31(20-24-10-5-4-6-11-24)18-19-32(26-13-8-16-29-22(26)2)27-14-9-17-30-23(27)3/h4-17H,18-20H2,1-3H3. The first-order valence-electron chi connectivity index (χ1n) is 10.9. The maximum atomic E-state index is 4.54.